The Labute approximate surface area is 236 Å². The van der Waals surface area contributed by atoms with Crippen LogP contribution in [-0.2, 0) is 11.2 Å². The highest BCUT2D eigenvalue weighted by Crippen LogP contribution is 2.42. The predicted octanol–water partition coefficient (Wildman–Crippen LogP) is 4.80. The first-order valence-electron chi connectivity index (χ1n) is 13.7. The highest BCUT2D eigenvalue weighted by atomic mass is 32.1. The third-order valence-electron chi connectivity index (χ3n) is 7.58. The second-order valence-corrected chi connectivity index (χ2v) is 11.4. The van der Waals surface area contributed by atoms with Crippen molar-refractivity contribution in [1.82, 2.24) is 15.3 Å². The molecule has 0 spiro atoms. The Morgan fingerprint density at radius 1 is 0.975 bits per heavy atom. The quantitative estimate of drug-likeness (QED) is 0.383. The average molecular weight is 552 g/mol. The zero-order valence-electron chi connectivity index (χ0n) is 22.0. The van der Waals surface area contributed by atoms with Crippen molar-refractivity contribution in [2.75, 3.05) is 42.6 Å². The summed E-state index contributed by atoms with van der Waals surface area (Å²) in [7, 11) is 0. The summed E-state index contributed by atoms with van der Waals surface area (Å²) in [5.74, 6) is 0.746. The van der Waals surface area contributed by atoms with E-state index in [1.54, 1.807) is 12.3 Å². The van der Waals surface area contributed by atoms with Gasteiger partial charge in [0.25, 0.3) is 11.8 Å². The summed E-state index contributed by atoms with van der Waals surface area (Å²) < 4.78 is 5.48. The SMILES string of the molecule is O=C(NC1CC1)c1cc2c(s1)-c1ccccc1N(C(=O)c1cccc(-c3ccnc(N4CCOCC4)c3)n1)CC2. The normalized spacial score (nSPS) is 16.6. The number of thiophene rings is 1. The number of hydrogen-bond donors (Lipinski definition) is 1. The molecule has 9 heteroatoms. The van der Waals surface area contributed by atoms with Crippen molar-refractivity contribution in [2.45, 2.75) is 25.3 Å². The van der Waals surface area contributed by atoms with Gasteiger partial charge in [0.15, 0.2) is 0 Å². The molecular weight excluding hydrogens is 522 g/mol. The van der Waals surface area contributed by atoms with Gasteiger partial charge in [0.05, 0.1) is 29.5 Å². The topological polar surface area (TPSA) is 87.7 Å². The summed E-state index contributed by atoms with van der Waals surface area (Å²) in [5, 5.41) is 3.09. The first kappa shape index (κ1) is 24.9. The number of amides is 2. The summed E-state index contributed by atoms with van der Waals surface area (Å²) in [6.45, 7) is 3.48. The molecular formula is C31H29N5O3S. The number of aromatic nitrogens is 2. The second-order valence-electron chi connectivity index (χ2n) is 10.3. The number of morpholine rings is 1. The molecule has 1 saturated heterocycles. The van der Waals surface area contributed by atoms with Gasteiger partial charge in [0, 0.05) is 47.9 Å². The van der Waals surface area contributed by atoms with Gasteiger partial charge in [-0.3, -0.25) is 9.59 Å². The molecule has 1 aromatic carbocycles. The van der Waals surface area contributed by atoms with Crippen LogP contribution in [0.15, 0.2) is 66.9 Å². The standard InChI is InChI=1S/C31H29N5O3S/c37-30(33-22-8-9-22)27-18-21-11-13-36(26-7-2-1-4-23(26)29(21)40-27)31(38)25-6-3-5-24(34-25)20-10-12-32-28(19-20)35-14-16-39-17-15-35/h1-7,10,12,18-19,22H,8-9,11,13-17H2,(H,33,37). The van der Waals surface area contributed by atoms with Crippen LogP contribution in [0.5, 0.6) is 0 Å². The van der Waals surface area contributed by atoms with Crippen molar-refractivity contribution in [3.63, 3.8) is 0 Å². The van der Waals surface area contributed by atoms with Gasteiger partial charge in [-0.15, -0.1) is 11.3 Å². The number of anilines is 2. The van der Waals surface area contributed by atoms with Crippen molar-refractivity contribution in [3.05, 3.63) is 83.0 Å². The lowest BCUT2D eigenvalue weighted by atomic mass is 10.1. The van der Waals surface area contributed by atoms with E-state index in [4.69, 9.17) is 9.72 Å². The molecule has 5 heterocycles. The smallest absolute Gasteiger partial charge is 0.276 e. The molecule has 40 heavy (non-hydrogen) atoms. The van der Waals surface area contributed by atoms with Gasteiger partial charge >= 0.3 is 0 Å². The third-order valence-corrected chi connectivity index (χ3v) is 8.79. The molecule has 7 rings (SSSR count). The van der Waals surface area contributed by atoms with Crippen LogP contribution in [0.2, 0.25) is 0 Å². The molecule has 1 saturated carbocycles. The van der Waals surface area contributed by atoms with Crippen molar-refractivity contribution in [1.29, 1.82) is 0 Å². The molecule has 1 N–H and O–H groups in total. The van der Waals surface area contributed by atoms with Crippen LogP contribution in [-0.4, -0.2) is 60.7 Å². The highest BCUT2D eigenvalue weighted by molar-refractivity contribution is 7.17. The van der Waals surface area contributed by atoms with Crippen LogP contribution >= 0.6 is 11.3 Å². The molecule has 0 radical (unpaired) electrons. The number of nitrogens with one attached hydrogen (secondary N) is 1. The van der Waals surface area contributed by atoms with E-state index in [1.807, 2.05) is 59.5 Å². The highest BCUT2D eigenvalue weighted by Gasteiger charge is 2.30. The minimum atomic E-state index is -0.140. The summed E-state index contributed by atoms with van der Waals surface area (Å²) in [6.07, 6.45) is 4.57. The van der Waals surface area contributed by atoms with Crippen LogP contribution in [0.3, 0.4) is 0 Å². The van der Waals surface area contributed by atoms with E-state index < -0.39 is 0 Å². The number of ether oxygens (including phenoxy) is 1. The van der Waals surface area contributed by atoms with Gasteiger partial charge in [-0.25, -0.2) is 9.97 Å². The molecule has 0 unspecified atom stereocenters. The van der Waals surface area contributed by atoms with E-state index in [0.29, 0.717) is 37.9 Å². The van der Waals surface area contributed by atoms with Crippen LogP contribution in [0.4, 0.5) is 11.5 Å². The minimum Gasteiger partial charge on any atom is -0.378 e. The number of para-hydroxylation sites is 1. The first-order chi connectivity index (χ1) is 19.6. The average Bonchev–Trinajstić information content (AvgIpc) is 3.75. The molecule has 0 atom stereocenters. The molecule has 3 aromatic heterocycles. The largest absolute Gasteiger partial charge is 0.378 e. The zero-order valence-corrected chi connectivity index (χ0v) is 22.8. The van der Waals surface area contributed by atoms with Crippen LogP contribution in [0.25, 0.3) is 21.7 Å². The molecule has 0 bridgehead atoms. The summed E-state index contributed by atoms with van der Waals surface area (Å²) >= 11 is 1.51. The molecule has 202 valence electrons. The minimum absolute atomic E-state index is 0.000100. The van der Waals surface area contributed by atoms with E-state index in [-0.39, 0.29) is 11.8 Å². The van der Waals surface area contributed by atoms with Gasteiger partial charge in [-0.05, 0) is 61.2 Å². The molecule has 2 aliphatic heterocycles. The molecule has 4 aromatic rings. The Morgan fingerprint density at radius 2 is 1.82 bits per heavy atom. The molecule has 1 aliphatic carbocycles. The Kier molecular flexibility index (Phi) is 6.53. The Bertz CT molecular complexity index is 1590. The maximum absolute atomic E-state index is 14.0. The summed E-state index contributed by atoms with van der Waals surface area (Å²) in [6, 6.07) is 19.8. The third kappa shape index (κ3) is 4.87. The van der Waals surface area contributed by atoms with Crippen molar-refractivity contribution >= 4 is 34.7 Å². The molecule has 8 nitrogen and oxygen atoms in total. The van der Waals surface area contributed by atoms with Crippen LogP contribution in [0.1, 0.15) is 38.6 Å². The lowest BCUT2D eigenvalue weighted by Crippen LogP contribution is -2.36. The number of fused-ring (bicyclic) bond motifs is 3. The fourth-order valence-corrected chi connectivity index (χ4v) is 6.45. The number of carbonyl (C=O) groups excluding carboxylic acids is 2. The zero-order chi connectivity index (χ0) is 27.1. The van der Waals surface area contributed by atoms with E-state index in [1.165, 1.54) is 11.3 Å². The Balaban J connectivity index is 1.17. The van der Waals surface area contributed by atoms with Crippen molar-refractivity contribution in [2.24, 2.45) is 0 Å². The van der Waals surface area contributed by atoms with Crippen LogP contribution < -0.4 is 15.1 Å². The molecule has 3 aliphatic rings. The van der Waals surface area contributed by atoms with Gasteiger partial charge in [-0.2, -0.15) is 0 Å². The van der Waals surface area contributed by atoms with E-state index >= 15 is 0 Å². The summed E-state index contributed by atoms with van der Waals surface area (Å²) in [4.78, 5) is 41.9. The Hall–Kier alpha value is -4.08. The monoisotopic (exact) mass is 551 g/mol. The number of hydrogen-bond acceptors (Lipinski definition) is 7. The van der Waals surface area contributed by atoms with Gasteiger partial charge in [0.1, 0.15) is 11.5 Å². The lowest BCUT2D eigenvalue weighted by molar-refractivity contribution is 0.0952. The number of benzene rings is 1. The van der Waals surface area contributed by atoms with Crippen molar-refractivity contribution < 1.29 is 14.3 Å². The van der Waals surface area contributed by atoms with E-state index in [2.05, 4.69) is 15.2 Å². The van der Waals surface area contributed by atoms with E-state index in [0.717, 1.165) is 69.6 Å². The van der Waals surface area contributed by atoms with Crippen molar-refractivity contribution in [3.8, 4) is 21.7 Å². The maximum atomic E-state index is 14.0. The van der Waals surface area contributed by atoms with Gasteiger partial charge in [0.2, 0.25) is 0 Å². The molecule has 2 amide bonds. The fourth-order valence-electron chi connectivity index (χ4n) is 5.30. The van der Waals surface area contributed by atoms with Gasteiger partial charge < -0.3 is 19.9 Å². The molecule has 2 fully saturated rings. The predicted molar refractivity (Wildman–Crippen MR) is 156 cm³/mol. The second kappa shape index (κ2) is 10.5. The van der Waals surface area contributed by atoms with Crippen LogP contribution in [0, 0.1) is 0 Å². The Morgan fingerprint density at radius 3 is 2.67 bits per heavy atom. The first-order valence-corrected chi connectivity index (χ1v) is 14.6. The van der Waals surface area contributed by atoms with E-state index in [9.17, 15) is 9.59 Å². The number of pyridine rings is 2. The number of carbonyl (C=O) groups is 2. The fraction of sp³-hybridized carbons (Fsp3) is 0.290. The lowest BCUT2D eigenvalue weighted by Gasteiger charge is -2.28. The number of nitrogens with zero attached hydrogens (tertiary/aromatic N) is 4. The number of rotatable bonds is 5. The maximum Gasteiger partial charge on any atom is 0.276 e. The summed E-state index contributed by atoms with van der Waals surface area (Å²) in [5.41, 5.74) is 4.96. The van der Waals surface area contributed by atoms with Gasteiger partial charge in [-0.1, -0.05) is 24.3 Å².